The molecule has 1 aliphatic rings. The number of carboxylic acid groups (broad SMARTS) is 1. The lowest BCUT2D eigenvalue weighted by atomic mass is 9.80. The van der Waals surface area contributed by atoms with E-state index in [1.807, 2.05) is 48.5 Å². The van der Waals surface area contributed by atoms with Gasteiger partial charge in [-0.15, -0.1) is 11.3 Å². The summed E-state index contributed by atoms with van der Waals surface area (Å²) in [6.07, 6.45) is 1.91. The lowest BCUT2D eigenvalue weighted by Gasteiger charge is -2.39. The Morgan fingerprint density at radius 1 is 1.04 bits per heavy atom. The van der Waals surface area contributed by atoms with Crippen LogP contribution < -0.4 is 16.0 Å². The second-order valence-corrected chi connectivity index (χ2v) is 15.0. The number of phenolic OH excluding ortho intramolecular Hbond substituents is 1. The molecule has 8 unspecified atom stereocenters. The van der Waals surface area contributed by atoms with Crippen LogP contribution in [0.15, 0.2) is 23.6 Å². The van der Waals surface area contributed by atoms with Crippen LogP contribution >= 0.6 is 11.3 Å². The first-order chi connectivity index (χ1) is 23.7. The van der Waals surface area contributed by atoms with Crippen molar-refractivity contribution in [3.8, 4) is 5.75 Å². The largest absolute Gasteiger partial charge is 0.508 e. The van der Waals surface area contributed by atoms with Gasteiger partial charge in [-0.1, -0.05) is 67.4 Å². The number of likely N-dealkylation sites (N-methyl/N-ethyl adjacent to an activating group) is 1. The highest BCUT2D eigenvalue weighted by Crippen LogP contribution is 2.35. The molecule has 12 nitrogen and oxygen atoms in total. The van der Waals surface area contributed by atoms with Gasteiger partial charge in [0.15, 0.2) is 0 Å². The molecule has 0 fully saturated rings. The molecular weight excluding hydrogens is 659 g/mol. The summed E-state index contributed by atoms with van der Waals surface area (Å²) in [6.45, 7) is 14.4. The maximum atomic E-state index is 14.3. The minimum atomic E-state index is -1.05. The molecular formula is C37H57N5O7S. The van der Waals surface area contributed by atoms with Crippen LogP contribution in [0.5, 0.6) is 5.75 Å². The number of amides is 3. The number of hydrogen-bond donors (Lipinski definition) is 6. The molecule has 6 N–H and O–H groups in total. The average molecular weight is 716 g/mol. The molecule has 0 spiro atoms. The number of aliphatic hydroxyl groups excluding tert-OH is 1. The molecule has 2 aromatic rings. The van der Waals surface area contributed by atoms with Gasteiger partial charge in [-0.2, -0.15) is 0 Å². The number of thiazole rings is 1. The summed E-state index contributed by atoms with van der Waals surface area (Å²) >= 11 is 1.15. The van der Waals surface area contributed by atoms with Crippen LogP contribution in [-0.2, 0) is 20.8 Å². The number of phenols is 1. The molecule has 50 heavy (non-hydrogen) atoms. The molecule has 0 bridgehead atoms. The summed E-state index contributed by atoms with van der Waals surface area (Å²) in [7, 11) is 1.75. The molecule has 1 aliphatic carbocycles. The van der Waals surface area contributed by atoms with E-state index in [1.54, 1.807) is 23.4 Å². The van der Waals surface area contributed by atoms with Crippen LogP contribution in [0.2, 0.25) is 0 Å². The number of benzene rings is 1. The summed E-state index contributed by atoms with van der Waals surface area (Å²) in [5.74, 6) is -2.82. The van der Waals surface area contributed by atoms with E-state index in [0.717, 1.165) is 23.3 Å². The van der Waals surface area contributed by atoms with Crippen molar-refractivity contribution >= 4 is 35.0 Å². The molecule has 8 atom stereocenters. The number of rotatable bonds is 18. The summed E-state index contributed by atoms with van der Waals surface area (Å²) in [5.41, 5.74) is 1.41. The maximum Gasteiger partial charge on any atom is 0.311 e. The van der Waals surface area contributed by atoms with Crippen LogP contribution in [0.3, 0.4) is 0 Å². The van der Waals surface area contributed by atoms with E-state index < -0.39 is 42.0 Å². The Hall–Kier alpha value is -3.55. The lowest BCUT2D eigenvalue weighted by Crippen LogP contribution is -2.58. The third-order valence-corrected chi connectivity index (χ3v) is 11.1. The number of aliphatic hydroxyl groups is 1. The monoisotopic (exact) mass is 715 g/mol. The first-order valence-corrected chi connectivity index (χ1v) is 18.8. The number of carboxylic acids is 1. The van der Waals surface area contributed by atoms with Gasteiger partial charge >= 0.3 is 5.97 Å². The first kappa shape index (κ1) is 40.9. The molecule has 1 aromatic heterocycles. The minimum Gasteiger partial charge on any atom is -0.508 e. The van der Waals surface area contributed by atoms with Gasteiger partial charge in [0.1, 0.15) is 28.6 Å². The number of nitrogens with one attached hydrogen (secondary N) is 3. The Balaban J connectivity index is 1.77. The number of aromatic nitrogens is 1. The van der Waals surface area contributed by atoms with Crippen molar-refractivity contribution in [2.75, 3.05) is 13.6 Å². The molecule has 0 saturated carbocycles. The number of carbonyl (C=O) groups excluding carboxylic acids is 3. The van der Waals surface area contributed by atoms with Crippen molar-refractivity contribution in [2.24, 2.45) is 17.8 Å². The van der Waals surface area contributed by atoms with E-state index >= 15 is 0 Å². The summed E-state index contributed by atoms with van der Waals surface area (Å²) in [5, 5.41) is 42.1. The number of carbonyl (C=O) groups is 4. The summed E-state index contributed by atoms with van der Waals surface area (Å²) in [6, 6.07) is 2.66. The van der Waals surface area contributed by atoms with E-state index in [1.165, 1.54) is 12.1 Å². The van der Waals surface area contributed by atoms with Crippen LogP contribution in [-0.4, -0.2) is 86.7 Å². The zero-order chi connectivity index (χ0) is 37.3. The lowest BCUT2D eigenvalue weighted by molar-refractivity contribution is -0.142. The topological polar surface area (TPSA) is 181 Å². The maximum absolute atomic E-state index is 14.3. The summed E-state index contributed by atoms with van der Waals surface area (Å²) < 4.78 is 0. The number of hydrogen-bond acceptors (Lipinski definition) is 9. The highest BCUT2D eigenvalue weighted by atomic mass is 32.1. The Morgan fingerprint density at radius 2 is 1.70 bits per heavy atom. The molecule has 1 aromatic carbocycles. The molecule has 3 rings (SSSR count). The Kier molecular flexibility index (Phi) is 15.2. The molecule has 1 heterocycles. The van der Waals surface area contributed by atoms with E-state index in [0.29, 0.717) is 36.4 Å². The fourth-order valence-corrected chi connectivity index (χ4v) is 7.58. The normalized spacial score (nSPS) is 19.4. The Labute approximate surface area is 300 Å². The fourth-order valence-electron chi connectivity index (χ4n) is 6.78. The van der Waals surface area contributed by atoms with Gasteiger partial charge in [0.25, 0.3) is 5.91 Å². The van der Waals surface area contributed by atoms with Crippen LogP contribution in [0, 0.1) is 17.8 Å². The molecule has 13 heteroatoms. The van der Waals surface area contributed by atoms with Crippen molar-refractivity contribution < 1.29 is 34.5 Å². The second-order valence-electron chi connectivity index (χ2n) is 14.1. The van der Waals surface area contributed by atoms with E-state index in [-0.39, 0.29) is 59.9 Å². The highest BCUT2D eigenvalue weighted by molar-refractivity contribution is 7.09. The standard InChI is InChI=1S/C37H57N5O7S/c1-9-14-42(36(47)32(22(7)11-3)41-34(46)31(38-8)21(6)10-2)29(20(4)5)18-30(44)35-40-28(19-50-35)33(45)39-24-15-23-12-13-25(43)17-26(23)27(16-24)37(48)49/h12-13,17,19-22,24,27,29-32,38,43-44H,9-11,14-16,18H2,1-8H3,(H,39,45)(H,41,46)(H,48,49). The van der Waals surface area contributed by atoms with Crippen molar-refractivity contribution in [3.05, 3.63) is 45.4 Å². The average Bonchev–Trinajstić information content (AvgIpc) is 3.59. The number of fused-ring (bicyclic) bond motifs is 1. The van der Waals surface area contributed by atoms with Gasteiger partial charge in [-0.05, 0) is 67.3 Å². The van der Waals surface area contributed by atoms with Gasteiger partial charge in [0, 0.05) is 30.4 Å². The van der Waals surface area contributed by atoms with E-state index in [4.69, 9.17) is 0 Å². The van der Waals surface area contributed by atoms with Crippen molar-refractivity contribution in [1.29, 1.82) is 0 Å². The molecule has 278 valence electrons. The minimum absolute atomic E-state index is 0.00484. The third-order valence-electron chi connectivity index (χ3n) is 10.1. The predicted molar refractivity (Wildman–Crippen MR) is 194 cm³/mol. The number of aliphatic carboxylic acids is 1. The van der Waals surface area contributed by atoms with Crippen molar-refractivity contribution in [3.63, 3.8) is 0 Å². The quantitative estimate of drug-likeness (QED) is 0.128. The van der Waals surface area contributed by atoms with Crippen LogP contribution in [0.1, 0.15) is 119 Å². The van der Waals surface area contributed by atoms with Crippen molar-refractivity contribution in [1.82, 2.24) is 25.8 Å². The summed E-state index contributed by atoms with van der Waals surface area (Å²) in [4.78, 5) is 59.2. The smallest absolute Gasteiger partial charge is 0.311 e. The predicted octanol–water partition coefficient (Wildman–Crippen LogP) is 4.61. The fraction of sp³-hybridized carbons (Fsp3) is 0.649. The van der Waals surface area contributed by atoms with Crippen LogP contribution in [0.25, 0.3) is 0 Å². The first-order valence-electron chi connectivity index (χ1n) is 17.9. The zero-order valence-electron chi connectivity index (χ0n) is 30.7. The zero-order valence-corrected chi connectivity index (χ0v) is 31.5. The second kappa shape index (κ2) is 18.6. The SMILES string of the molecule is CCCN(C(=O)C(NC(=O)C(NC)C(C)CC)C(C)CC)C(CC(O)c1nc(C(=O)NC2Cc3ccc(O)cc3C(C(=O)O)C2)cs1)C(C)C. The van der Waals surface area contributed by atoms with Gasteiger partial charge in [-0.3, -0.25) is 19.2 Å². The van der Waals surface area contributed by atoms with Crippen LogP contribution in [0.4, 0.5) is 0 Å². The van der Waals surface area contributed by atoms with E-state index in [9.17, 15) is 34.5 Å². The Bertz CT molecular complexity index is 1470. The molecule has 0 saturated heterocycles. The van der Waals surface area contributed by atoms with E-state index in [2.05, 4.69) is 20.9 Å². The molecule has 3 amide bonds. The van der Waals surface area contributed by atoms with Crippen molar-refractivity contribution in [2.45, 2.75) is 123 Å². The number of aromatic hydroxyl groups is 1. The highest BCUT2D eigenvalue weighted by Gasteiger charge is 2.38. The molecule has 0 aliphatic heterocycles. The molecule has 0 radical (unpaired) electrons. The number of nitrogens with zero attached hydrogens (tertiary/aromatic N) is 2. The third kappa shape index (κ3) is 10.0. The van der Waals surface area contributed by atoms with Gasteiger partial charge in [-0.25, -0.2) is 4.98 Å². The van der Waals surface area contributed by atoms with Gasteiger partial charge < -0.3 is 36.2 Å². The van der Waals surface area contributed by atoms with Gasteiger partial charge in [0.2, 0.25) is 11.8 Å². The Morgan fingerprint density at radius 3 is 2.28 bits per heavy atom. The van der Waals surface area contributed by atoms with Gasteiger partial charge in [0.05, 0.1) is 12.0 Å².